The average molecular weight is 431 g/mol. The summed E-state index contributed by atoms with van der Waals surface area (Å²) in [6.07, 6.45) is 0. The minimum absolute atomic E-state index is 0.0489. The van der Waals surface area contributed by atoms with E-state index in [0.29, 0.717) is 25.3 Å². The van der Waals surface area contributed by atoms with Gasteiger partial charge in [-0.15, -0.1) is 0 Å². The predicted octanol–water partition coefficient (Wildman–Crippen LogP) is 4.85. The van der Waals surface area contributed by atoms with Crippen LogP contribution in [0.15, 0.2) is 66.7 Å². The lowest BCUT2D eigenvalue weighted by molar-refractivity contribution is 0.0746. The zero-order chi connectivity index (χ0) is 22.5. The smallest absolute Gasteiger partial charge is 0.253 e. The van der Waals surface area contributed by atoms with Crippen LogP contribution in [-0.2, 0) is 6.61 Å². The summed E-state index contributed by atoms with van der Waals surface area (Å²) in [5.41, 5.74) is 5.15. The van der Waals surface area contributed by atoms with Gasteiger partial charge >= 0.3 is 0 Å². The molecule has 1 aliphatic rings. The molecule has 0 N–H and O–H groups in total. The van der Waals surface area contributed by atoms with Crippen molar-refractivity contribution in [2.45, 2.75) is 20.5 Å². The van der Waals surface area contributed by atoms with Crippen LogP contribution in [0.4, 0.5) is 5.69 Å². The van der Waals surface area contributed by atoms with E-state index >= 15 is 0 Å². The van der Waals surface area contributed by atoms with E-state index in [1.165, 1.54) is 16.8 Å². The summed E-state index contributed by atoms with van der Waals surface area (Å²) >= 11 is 0. The highest BCUT2D eigenvalue weighted by Crippen LogP contribution is 2.25. The number of rotatable bonds is 6. The molecule has 0 radical (unpaired) electrons. The number of hydrogen-bond donors (Lipinski definition) is 0. The molecule has 32 heavy (non-hydrogen) atoms. The van der Waals surface area contributed by atoms with E-state index < -0.39 is 0 Å². The van der Waals surface area contributed by atoms with Crippen molar-refractivity contribution in [3.8, 4) is 11.5 Å². The first-order valence-electron chi connectivity index (χ1n) is 11.0. The first kappa shape index (κ1) is 21.8. The number of para-hydroxylation sites is 1. The number of amides is 1. The van der Waals surface area contributed by atoms with Gasteiger partial charge in [0, 0.05) is 43.0 Å². The monoisotopic (exact) mass is 430 g/mol. The van der Waals surface area contributed by atoms with Gasteiger partial charge in [0.05, 0.1) is 7.11 Å². The maximum Gasteiger partial charge on any atom is 0.253 e. The van der Waals surface area contributed by atoms with E-state index in [2.05, 4.69) is 36.9 Å². The van der Waals surface area contributed by atoms with Gasteiger partial charge in [0.25, 0.3) is 5.91 Å². The Kier molecular flexibility index (Phi) is 6.64. The van der Waals surface area contributed by atoms with Crippen molar-refractivity contribution in [2.24, 2.45) is 0 Å². The van der Waals surface area contributed by atoms with Gasteiger partial charge in [0.2, 0.25) is 0 Å². The molecule has 1 aliphatic heterocycles. The van der Waals surface area contributed by atoms with E-state index in [4.69, 9.17) is 9.47 Å². The van der Waals surface area contributed by atoms with Crippen LogP contribution in [-0.4, -0.2) is 44.1 Å². The van der Waals surface area contributed by atoms with Crippen molar-refractivity contribution in [3.63, 3.8) is 0 Å². The first-order valence-corrected chi connectivity index (χ1v) is 11.0. The quantitative estimate of drug-likeness (QED) is 0.560. The van der Waals surface area contributed by atoms with E-state index in [9.17, 15) is 4.79 Å². The fourth-order valence-electron chi connectivity index (χ4n) is 3.98. The summed E-state index contributed by atoms with van der Waals surface area (Å²) in [6, 6.07) is 22.0. The number of ether oxygens (including phenoxy) is 2. The topological polar surface area (TPSA) is 42.0 Å². The second kappa shape index (κ2) is 9.77. The van der Waals surface area contributed by atoms with Crippen LogP contribution < -0.4 is 14.4 Å². The fourth-order valence-corrected chi connectivity index (χ4v) is 3.98. The average Bonchev–Trinajstić information content (AvgIpc) is 2.85. The minimum Gasteiger partial charge on any atom is -0.496 e. The zero-order valence-electron chi connectivity index (χ0n) is 19.0. The largest absolute Gasteiger partial charge is 0.496 e. The van der Waals surface area contributed by atoms with E-state index in [0.717, 1.165) is 30.2 Å². The molecule has 1 heterocycles. The molecule has 0 aliphatic carbocycles. The van der Waals surface area contributed by atoms with Crippen molar-refractivity contribution in [1.29, 1.82) is 0 Å². The number of benzene rings is 3. The third kappa shape index (κ3) is 4.88. The molecule has 166 valence electrons. The van der Waals surface area contributed by atoms with Crippen molar-refractivity contribution in [2.75, 3.05) is 38.2 Å². The Labute approximate surface area is 190 Å². The lowest BCUT2D eigenvalue weighted by atomic mass is 10.1. The highest BCUT2D eigenvalue weighted by molar-refractivity contribution is 5.94. The van der Waals surface area contributed by atoms with Gasteiger partial charge in [-0.05, 0) is 67.4 Å². The molecule has 3 aromatic rings. The molecular formula is C27H30N2O3. The number of carbonyl (C=O) groups is 1. The highest BCUT2D eigenvalue weighted by Gasteiger charge is 2.23. The van der Waals surface area contributed by atoms with Gasteiger partial charge in [0.15, 0.2) is 0 Å². The van der Waals surface area contributed by atoms with Gasteiger partial charge in [-0.25, -0.2) is 0 Å². The van der Waals surface area contributed by atoms with Crippen LogP contribution in [0.25, 0.3) is 0 Å². The van der Waals surface area contributed by atoms with E-state index in [1.807, 2.05) is 53.4 Å². The number of hydrogen-bond acceptors (Lipinski definition) is 4. The maximum atomic E-state index is 13.2. The van der Waals surface area contributed by atoms with Gasteiger partial charge in [-0.2, -0.15) is 0 Å². The molecule has 0 spiro atoms. The molecule has 1 amide bonds. The number of methoxy groups -OCH3 is 1. The molecule has 0 atom stereocenters. The third-order valence-electron chi connectivity index (χ3n) is 6.09. The number of piperazine rings is 1. The van der Waals surface area contributed by atoms with Crippen LogP contribution in [0.2, 0.25) is 0 Å². The van der Waals surface area contributed by atoms with Crippen LogP contribution in [0.1, 0.15) is 27.0 Å². The molecule has 0 bridgehead atoms. The van der Waals surface area contributed by atoms with Crippen molar-refractivity contribution >= 4 is 11.6 Å². The number of carbonyl (C=O) groups excluding carboxylic acids is 1. The Morgan fingerprint density at radius 3 is 2.31 bits per heavy atom. The second-order valence-corrected chi connectivity index (χ2v) is 8.18. The Bertz CT molecular complexity index is 1070. The molecule has 0 unspecified atom stereocenters. The number of aryl methyl sites for hydroxylation is 2. The number of anilines is 1. The number of nitrogens with zero attached hydrogens (tertiary/aromatic N) is 2. The van der Waals surface area contributed by atoms with Crippen LogP contribution in [0.5, 0.6) is 11.5 Å². The predicted molar refractivity (Wildman–Crippen MR) is 128 cm³/mol. The molecular weight excluding hydrogens is 400 g/mol. The normalized spacial score (nSPS) is 13.7. The second-order valence-electron chi connectivity index (χ2n) is 8.18. The Hall–Kier alpha value is -3.47. The minimum atomic E-state index is 0.0489. The van der Waals surface area contributed by atoms with Crippen LogP contribution in [0, 0.1) is 13.8 Å². The summed E-state index contributed by atoms with van der Waals surface area (Å²) in [4.78, 5) is 17.4. The van der Waals surface area contributed by atoms with Gasteiger partial charge < -0.3 is 19.3 Å². The lowest BCUT2D eigenvalue weighted by Crippen LogP contribution is -2.48. The Morgan fingerprint density at radius 1 is 0.875 bits per heavy atom. The van der Waals surface area contributed by atoms with E-state index in [-0.39, 0.29) is 5.91 Å². The summed E-state index contributed by atoms with van der Waals surface area (Å²) in [6.45, 7) is 7.55. The van der Waals surface area contributed by atoms with Crippen molar-refractivity contribution in [3.05, 3.63) is 89.0 Å². The third-order valence-corrected chi connectivity index (χ3v) is 6.09. The van der Waals surface area contributed by atoms with Crippen molar-refractivity contribution < 1.29 is 14.3 Å². The molecule has 0 aromatic heterocycles. The Morgan fingerprint density at radius 2 is 1.62 bits per heavy atom. The summed E-state index contributed by atoms with van der Waals surface area (Å²) in [7, 11) is 1.64. The molecule has 0 saturated carbocycles. The standard InChI is InChI=1S/C27H30N2O3/c1-20-9-11-25(17-21(20)2)32-19-23-18-22(10-12-26(23)31-3)27(30)29-15-13-28(14-16-29)24-7-5-4-6-8-24/h4-12,17-18H,13-16,19H2,1-3H3. The van der Waals surface area contributed by atoms with Crippen LogP contribution in [0.3, 0.4) is 0 Å². The molecule has 5 heteroatoms. The maximum absolute atomic E-state index is 13.2. The molecule has 5 nitrogen and oxygen atoms in total. The first-order chi connectivity index (χ1) is 15.5. The summed E-state index contributed by atoms with van der Waals surface area (Å²) in [5.74, 6) is 1.58. The molecule has 1 saturated heterocycles. The van der Waals surface area contributed by atoms with E-state index in [1.54, 1.807) is 7.11 Å². The summed E-state index contributed by atoms with van der Waals surface area (Å²) < 4.78 is 11.5. The molecule has 1 fully saturated rings. The molecule has 4 rings (SSSR count). The Balaban J connectivity index is 1.43. The molecule has 3 aromatic carbocycles. The highest BCUT2D eigenvalue weighted by atomic mass is 16.5. The SMILES string of the molecule is COc1ccc(C(=O)N2CCN(c3ccccc3)CC2)cc1COc1ccc(C)c(C)c1. The summed E-state index contributed by atoms with van der Waals surface area (Å²) in [5, 5.41) is 0. The van der Waals surface area contributed by atoms with Gasteiger partial charge in [-0.3, -0.25) is 4.79 Å². The van der Waals surface area contributed by atoms with Crippen LogP contribution >= 0.6 is 0 Å². The van der Waals surface area contributed by atoms with Gasteiger partial charge in [-0.1, -0.05) is 24.3 Å². The lowest BCUT2D eigenvalue weighted by Gasteiger charge is -2.36. The zero-order valence-corrected chi connectivity index (χ0v) is 19.0. The fraction of sp³-hybridized carbons (Fsp3) is 0.296. The van der Waals surface area contributed by atoms with Gasteiger partial charge in [0.1, 0.15) is 18.1 Å². The van der Waals surface area contributed by atoms with Crippen molar-refractivity contribution in [1.82, 2.24) is 4.90 Å².